The maximum absolute atomic E-state index is 13.8. The van der Waals surface area contributed by atoms with E-state index in [-0.39, 0.29) is 23.8 Å². The number of aromatic nitrogens is 2. The standard InChI is InChI=1S/C24H32N4O3/c1-15-6-7-18-19(10-15)26-22(25-18)20-13-24(8-9-24)14-28(20)23(30)17(12-21(29)27-31)11-16-4-2-3-5-16/h6-7,10,16-17,20,31H,2-5,8-9,11-14H2,1H3,(H,25,26)(H,27,29)/t17?,20-/m0/s1. The maximum Gasteiger partial charge on any atom is 0.244 e. The van der Waals surface area contributed by atoms with Gasteiger partial charge in [0.2, 0.25) is 11.8 Å². The number of benzene rings is 1. The summed E-state index contributed by atoms with van der Waals surface area (Å²) < 4.78 is 0. The summed E-state index contributed by atoms with van der Waals surface area (Å²) in [5.41, 5.74) is 5.04. The second kappa shape index (κ2) is 7.93. The van der Waals surface area contributed by atoms with Crippen molar-refractivity contribution in [3.63, 3.8) is 0 Å². The first kappa shape index (κ1) is 20.5. The lowest BCUT2D eigenvalue weighted by Crippen LogP contribution is -2.39. The highest BCUT2D eigenvalue weighted by Gasteiger charge is 2.55. The van der Waals surface area contributed by atoms with Gasteiger partial charge in [0.1, 0.15) is 5.82 Å². The van der Waals surface area contributed by atoms with E-state index in [0.29, 0.717) is 5.92 Å². The summed E-state index contributed by atoms with van der Waals surface area (Å²) >= 11 is 0. The Hall–Kier alpha value is -2.41. The first-order valence-electron chi connectivity index (χ1n) is 11.7. The molecule has 3 N–H and O–H groups in total. The molecule has 2 heterocycles. The number of aromatic amines is 1. The van der Waals surface area contributed by atoms with Crippen molar-refractivity contribution in [1.82, 2.24) is 20.3 Å². The number of nitrogens with zero attached hydrogens (tertiary/aromatic N) is 2. The molecule has 1 saturated heterocycles. The first-order valence-corrected chi connectivity index (χ1v) is 11.7. The van der Waals surface area contributed by atoms with E-state index in [1.807, 2.05) is 11.0 Å². The van der Waals surface area contributed by atoms with Crippen LogP contribution in [0.3, 0.4) is 0 Å². The van der Waals surface area contributed by atoms with Gasteiger partial charge in [-0.3, -0.25) is 14.8 Å². The van der Waals surface area contributed by atoms with Crippen LogP contribution >= 0.6 is 0 Å². The number of carbonyl (C=O) groups is 2. The van der Waals surface area contributed by atoms with Gasteiger partial charge in [0, 0.05) is 18.9 Å². The summed E-state index contributed by atoms with van der Waals surface area (Å²) in [6.45, 7) is 2.80. The second-order valence-corrected chi connectivity index (χ2v) is 10.2. The van der Waals surface area contributed by atoms with Crippen molar-refractivity contribution in [2.24, 2.45) is 17.3 Å². The minimum absolute atomic E-state index is 0.0425. The van der Waals surface area contributed by atoms with Gasteiger partial charge in [0.25, 0.3) is 0 Å². The lowest BCUT2D eigenvalue weighted by Gasteiger charge is -2.29. The molecule has 7 nitrogen and oxygen atoms in total. The Balaban J connectivity index is 1.42. The van der Waals surface area contributed by atoms with Crippen LogP contribution in [0.5, 0.6) is 0 Å². The third kappa shape index (κ3) is 4.07. The normalized spacial score (nSPS) is 23.5. The van der Waals surface area contributed by atoms with Gasteiger partial charge in [-0.15, -0.1) is 0 Å². The molecule has 1 aromatic heterocycles. The van der Waals surface area contributed by atoms with E-state index in [4.69, 9.17) is 10.2 Å². The SMILES string of the molecule is Cc1ccc2nc([C@@H]3CC4(CC4)CN3C(=O)C(CC(=O)NO)CC3CCCC3)[nH]c2c1. The number of H-pyrrole nitrogens is 1. The zero-order valence-corrected chi connectivity index (χ0v) is 18.2. The molecule has 2 saturated carbocycles. The van der Waals surface area contributed by atoms with Crippen LogP contribution in [0.25, 0.3) is 11.0 Å². The molecule has 0 radical (unpaired) electrons. The molecule has 0 bridgehead atoms. The summed E-state index contributed by atoms with van der Waals surface area (Å²) in [7, 11) is 0. The smallest absolute Gasteiger partial charge is 0.244 e. The molecule has 1 spiro atoms. The highest BCUT2D eigenvalue weighted by molar-refractivity contribution is 5.86. The molecule has 2 atom stereocenters. The lowest BCUT2D eigenvalue weighted by molar-refractivity contribution is -0.142. The Labute approximate surface area is 182 Å². The van der Waals surface area contributed by atoms with Crippen LogP contribution in [-0.2, 0) is 9.59 Å². The molecule has 3 fully saturated rings. The molecule has 5 rings (SSSR count). The van der Waals surface area contributed by atoms with Crippen molar-refractivity contribution in [2.45, 2.75) is 70.8 Å². The molecule has 1 unspecified atom stereocenters. The Morgan fingerprint density at radius 2 is 2.10 bits per heavy atom. The minimum Gasteiger partial charge on any atom is -0.340 e. The van der Waals surface area contributed by atoms with Gasteiger partial charge in [-0.1, -0.05) is 31.7 Å². The zero-order valence-electron chi connectivity index (χ0n) is 18.2. The first-order chi connectivity index (χ1) is 15.0. The van der Waals surface area contributed by atoms with Crippen molar-refractivity contribution >= 4 is 22.8 Å². The van der Waals surface area contributed by atoms with Gasteiger partial charge in [0.05, 0.1) is 17.1 Å². The van der Waals surface area contributed by atoms with Crippen LogP contribution < -0.4 is 5.48 Å². The van der Waals surface area contributed by atoms with Gasteiger partial charge in [0.15, 0.2) is 0 Å². The fourth-order valence-corrected chi connectivity index (χ4v) is 5.80. The summed E-state index contributed by atoms with van der Waals surface area (Å²) in [5, 5.41) is 9.08. The van der Waals surface area contributed by atoms with Gasteiger partial charge in [-0.05, 0) is 61.6 Å². The zero-order chi connectivity index (χ0) is 21.6. The summed E-state index contributed by atoms with van der Waals surface area (Å²) in [5.74, 6) is 0.515. The van der Waals surface area contributed by atoms with E-state index in [0.717, 1.165) is 61.9 Å². The van der Waals surface area contributed by atoms with Crippen LogP contribution in [0.2, 0.25) is 0 Å². The average Bonchev–Trinajstić information content (AvgIpc) is 3.12. The van der Waals surface area contributed by atoms with E-state index in [2.05, 4.69) is 24.0 Å². The monoisotopic (exact) mass is 424 g/mol. The van der Waals surface area contributed by atoms with Crippen LogP contribution in [0.4, 0.5) is 0 Å². The summed E-state index contributed by atoms with van der Waals surface area (Å²) in [6, 6.07) is 6.09. The predicted molar refractivity (Wildman–Crippen MR) is 116 cm³/mol. The highest BCUT2D eigenvalue weighted by atomic mass is 16.5. The second-order valence-electron chi connectivity index (χ2n) is 10.2. The number of likely N-dealkylation sites (tertiary alicyclic amines) is 1. The summed E-state index contributed by atoms with van der Waals surface area (Å²) in [6.07, 6.45) is 8.65. The van der Waals surface area contributed by atoms with Crippen LogP contribution in [0, 0.1) is 24.2 Å². The maximum atomic E-state index is 13.8. The number of hydroxylamine groups is 1. The Bertz CT molecular complexity index is 990. The number of imidazole rings is 1. The van der Waals surface area contributed by atoms with Gasteiger partial charge < -0.3 is 9.88 Å². The largest absolute Gasteiger partial charge is 0.340 e. The van der Waals surface area contributed by atoms with Crippen molar-refractivity contribution in [2.75, 3.05) is 6.54 Å². The molecule has 1 aliphatic heterocycles. The van der Waals surface area contributed by atoms with E-state index in [1.54, 1.807) is 5.48 Å². The molecular weight excluding hydrogens is 392 g/mol. The van der Waals surface area contributed by atoms with Crippen molar-refractivity contribution in [3.8, 4) is 0 Å². The van der Waals surface area contributed by atoms with Crippen LogP contribution in [0.15, 0.2) is 18.2 Å². The Morgan fingerprint density at radius 1 is 1.32 bits per heavy atom. The quantitative estimate of drug-likeness (QED) is 0.482. The number of fused-ring (bicyclic) bond motifs is 1. The van der Waals surface area contributed by atoms with Gasteiger partial charge in [-0.25, -0.2) is 10.5 Å². The van der Waals surface area contributed by atoms with Gasteiger partial charge in [-0.2, -0.15) is 0 Å². The summed E-state index contributed by atoms with van der Waals surface area (Å²) in [4.78, 5) is 36.1. The van der Waals surface area contributed by atoms with E-state index in [9.17, 15) is 9.59 Å². The molecule has 2 aliphatic carbocycles. The number of hydrogen-bond acceptors (Lipinski definition) is 4. The van der Waals surface area contributed by atoms with Gasteiger partial charge >= 0.3 is 0 Å². The fourth-order valence-electron chi connectivity index (χ4n) is 5.80. The number of carbonyl (C=O) groups excluding carboxylic acids is 2. The third-order valence-corrected chi connectivity index (χ3v) is 7.72. The topological polar surface area (TPSA) is 98.3 Å². The fraction of sp³-hybridized carbons (Fsp3) is 0.625. The lowest BCUT2D eigenvalue weighted by atomic mass is 9.89. The van der Waals surface area contributed by atoms with Crippen molar-refractivity contribution in [1.29, 1.82) is 0 Å². The molecule has 31 heavy (non-hydrogen) atoms. The van der Waals surface area contributed by atoms with Crippen molar-refractivity contribution < 1.29 is 14.8 Å². The number of amides is 2. The molecular formula is C24H32N4O3. The number of hydrogen-bond donors (Lipinski definition) is 3. The molecule has 7 heteroatoms. The molecule has 166 valence electrons. The third-order valence-electron chi connectivity index (χ3n) is 7.72. The molecule has 2 amide bonds. The Morgan fingerprint density at radius 3 is 2.81 bits per heavy atom. The van der Waals surface area contributed by atoms with E-state index >= 15 is 0 Å². The minimum atomic E-state index is -0.479. The molecule has 2 aromatic rings. The average molecular weight is 425 g/mol. The van der Waals surface area contributed by atoms with E-state index < -0.39 is 11.8 Å². The van der Waals surface area contributed by atoms with Crippen LogP contribution in [-0.4, -0.2) is 38.4 Å². The predicted octanol–water partition coefficient (Wildman–Crippen LogP) is 4.02. The molecule has 1 aromatic carbocycles. The highest BCUT2D eigenvalue weighted by Crippen LogP contribution is 2.58. The number of aryl methyl sites for hydroxylation is 1. The van der Waals surface area contributed by atoms with Crippen LogP contribution in [0.1, 0.15) is 75.2 Å². The number of nitrogens with one attached hydrogen (secondary N) is 2. The van der Waals surface area contributed by atoms with E-state index in [1.165, 1.54) is 18.4 Å². The number of rotatable bonds is 6. The Kier molecular flexibility index (Phi) is 5.24. The van der Waals surface area contributed by atoms with Crippen molar-refractivity contribution in [3.05, 3.63) is 29.6 Å². The molecule has 3 aliphatic rings.